The van der Waals surface area contributed by atoms with Crippen molar-refractivity contribution in [3.8, 4) is 5.88 Å². The van der Waals surface area contributed by atoms with Crippen molar-refractivity contribution in [1.82, 2.24) is 4.98 Å². The van der Waals surface area contributed by atoms with E-state index >= 15 is 0 Å². The van der Waals surface area contributed by atoms with Gasteiger partial charge in [0.25, 0.3) is 0 Å². The summed E-state index contributed by atoms with van der Waals surface area (Å²) in [6, 6.07) is 1.12. The average Bonchev–Trinajstić information content (AvgIpc) is 2.16. The fraction of sp³-hybridized carbons (Fsp3) is 0.500. The summed E-state index contributed by atoms with van der Waals surface area (Å²) in [4.78, 5) is 3.82. The van der Waals surface area contributed by atoms with Crippen LogP contribution in [0.3, 0.4) is 0 Å². The highest BCUT2D eigenvalue weighted by molar-refractivity contribution is 5.29. The lowest BCUT2D eigenvalue weighted by atomic mass is 9.98. The maximum atomic E-state index is 12.9. The number of nitrogens with zero attached hydrogens (tertiary/aromatic N) is 1. The first-order valence-corrected chi connectivity index (χ1v) is 4.51. The summed E-state index contributed by atoms with van der Waals surface area (Å²) in [5, 5.41) is 0. The van der Waals surface area contributed by atoms with Gasteiger partial charge in [0, 0.05) is 11.6 Å². The smallest absolute Gasteiger partial charge is 0.218 e. The van der Waals surface area contributed by atoms with Gasteiger partial charge in [-0.1, -0.05) is 13.8 Å². The maximum Gasteiger partial charge on any atom is 0.218 e. The number of hydrogen-bond acceptors (Lipinski definition) is 3. The summed E-state index contributed by atoms with van der Waals surface area (Å²) in [6.45, 7) is 3.93. The minimum Gasteiger partial charge on any atom is -0.481 e. The van der Waals surface area contributed by atoms with E-state index in [1.165, 1.54) is 13.2 Å². The Balaban J connectivity index is 3.10. The van der Waals surface area contributed by atoms with Gasteiger partial charge < -0.3 is 10.5 Å². The number of ether oxygens (including phenoxy) is 1. The van der Waals surface area contributed by atoms with Gasteiger partial charge in [-0.15, -0.1) is 0 Å². The highest BCUT2D eigenvalue weighted by atomic mass is 19.1. The Hall–Kier alpha value is -1.16. The van der Waals surface area contributed by atoms with Crippen molar-refractivity contribution in [2.75, 3.05) is 7.11 Å². The van der Waals surface area contributed by atoms with Crippen LogP contribution in [0.2, 0.25) is 0 Å². The molecule has 0 spiro atoms. The van der Waals surface area contributed by atoms with E-state index in [1.807, 2.05) is 13.8 Å². The Morgan fingerprint density at radius 2 is 2.14 bits per heavy atom. The molecule has 4 heteroatoms. The zero-order chi connectivity index (χ0) is 10.7. The Labute approximate surface area is 83.1 Å². The average molecular weight is 198 g/mol. The lowest BCUT2D eigenvalue weighted by molar-refractivity contribution is 0.377. The van der Waals surface area contributed by atoms with Crippen LogP contribution in [0.25, 0.3) is 0 Å². The second-order valence-corrected chi connectivity index (χ2v) is 3.52. The molecule has 78 valence electrons. The van der Waals surface area contributed by atoms with Crippen LogP contribution < -0.4 is 10.5 Å². The third kappa shape index (κ3) is 2.20. The number of pyridine rings is 1. The molecule has 0 radical (unpaired) electrons. The van der Waals surface area contributed by atoms with Crippen LogP contribution in [-0.2, 0) is 0 Å². The molecule has 1 unspecified atom stereocenters. The Kier molecular flexibility index (Phi) is 3.41. The molecule has 1 heterocycles. The van der Waals surface area contributed by atoms with Gasteiger partial charge in [0.1, 0.15) is 5.82 Å². The Bertz CT molecular complexity index is 315. The minimum absolute atomic E-state index is 0.215. The van der Waals surface area contributed by atoms with E-state index in [4.69, 9.17) is 10.5 Å². The molecule has 0 aliphatic carbocycles. The van der Waals surface area contributed by atoms with Crippen molar-refractivity contribution >= 4 is 0 Å². The Morgan fingerprint density at radius 1 is 1.50 bits per heavy atom. The number of hydrogen-bond donors (Lipinski definition) is 1. The summed E-state index contributed by atoms with van der Waals surface area (Å²) < 4.78 is 17.9. The standard InChI is InChI=1S/C10H15FN2O/c1-6(2)9(12)8-4-7(11)5-13-10(8)14-3/h4-6,9H,12H2,1-3H3. The molecule has 14 heavy (non-hydrogen) atoms. The largest absolute Gasteiger partial charge is 0.481 e. The van der Waals surface area contributed by atoms with Crippen LogP contribution in [0.15, 0.2) is 12.3 Å². The highest BCUT2D eigenvalue weighted by Gasteiger charge is 2.17. The number of rotatable bonds is 3. The number of methoxy groups -OCH3 is 1. The van der Waals surface area contributed by atoms with Gasteiger partial charge in [-0.2, -0.15) is 0 Å². The zero-order valence-corrected chi connectivity index (χ0v) is 8.62. The SMILES string of the molecule is COc1ncc(F)cc1C(N)C(C)C. The molecule has 2 N–H and O–H groups in total. The summed E-state index contributed by atoms with van der Waals surface area (Å²) in [5.74, 6) is 0.219. The molecular formula is C10H15FN2O. The Morgan fingerprint density at radius 3 is 2.64 bits per heavy atom. The topological polar surface area (TPSA) is 48.1 Å². The molecule has 3 nitrogen and oxygen atoms in total. The lowest BCUT2D eigenvalue weighted by Gasteiger charge is -2.17. The molecule has 0 amide bonds. The first-order valence-electron chi connectivity index (χ1n) is 4.51. The highest BCUT2D eigenvalue weighted by Crippen LogP contribution is 2.26. The summed E-state index contributed by atoms with van der Waals surface area (Å²) in [6.07, 6.45) is 1.12. The lowest BCUT2D eigenvalue weighted by Crippen LogP contribution is -2.18. The summed E-state index contributed by atoms with van der Waals surface area (Å²) in [7, 11) is 1.50. The maximum absolute atomic E-state index is 12.9. The van der Waals surface area contributed by atoms with E-state index in [0.29, 0.717) is 11.4 Å². The monoisotopic (exact) mass is 198 g/mol. The van der Waals surface area contributed by atoms with E-state index in [-0.39, 0.29) is 12.0 Å². The van der Waals surface area contributed by atoms with Crippen molar-refractivity contribution in [3.63, 3.8) is 0 Å². The van der Waals surface area contributed by atoms with E-state index < -0.39 is 5.82 Å². The van der Waals surface area contributed by atoms with Gasteiger partial charge in [-0.25, -0.2) is 9.37 Å². The van der Waals surface area contributed by atoms with Crippen molar-refractivity contribution in [2.45, 2.75) is 19.9 Å². The van der Waals surface area contributed by atoms with Gasteiger partial charge >= 0.3 is 0 Å². The van der Waals surface area contributed by atoms with Crippen LogP contribution in [0.4, 0.5) is 4.39 Å². The number of aromatic nitrogens is 1. The first kappa shape index (κ1) is 10.9. The molecule has 0 saturated carbocycles. The van der Waals surface area contributed by atoms with Gasteiger partial charge in [0.15, 0.2) is 0 Å². The summed E-state index contributed by atoms with van der Waals surface area (Å²) in [5.41, 5.74) is 6.51. The molecule has 0 saturated heterocycles. The van der Waals surface area contributed by atoms with Crippen LogP contribution in [0, 0.1) is 11.7 Å². The van der Waals surface area contributed by atoms with Crippen LogP contribution >= 0.6 is 0 Å². The molecule has 1 aromatic rings. The molecule has 1 aromatic heterocycles. The third-order valence-corrected chi connectivity index (χ3v) is 2.12. The van der Waals surface area contributed by atoms with Gasteiger partial charge in [0.2, 0.25) is 5.88 Å². The molecule has 0 aromatic carbocycles. The predicted octanol–water partition coefficient (Wildman–Crippen LogP) is 1.89. The zero-order valence-electron chi connectivity index (χ0n) is 8.62. The first-order chi connectivity index (χ1) is 6.56. The molecular weight excluding hydrogens is 183 g/mol. The molecule has 0 aliphatic heterocycles. The molecule has 0 aliphatic rings. The quantitative estimate of drug-likeness (QED) is 0.806. The van der Waals surface area contributed by atoms with E-state index in [9.17, 15) is 4.39 Å². The molecule has 0 bridgehead atoms. The fourth-order valence-corrected chi connectivity index (χ4v) is 1.21. The van der Waals surface area contributed by atoms with E-state index in [2.05, 4.69) is 4.98 Å². The van der Waals surface area contributed by atoms with Crippen LogP contribution in [-0.4, -0.2) is 12.1 Å². The van der Waals surface area contributed by atoms with Crippen LogP contribution in [0.5, 0.6) is 5.88 Å². The second-order valence-electron chi connectivity index (χ2n) is 3.52. The van der Waals surface area contributed by atoms with Gasteiger partial charge in [-0.05, 0) is 12.0 Å². The van der Waals surface area contributed by atoms with Crippen LogP contribution in [0.1, 0.15) is 25.5 Å². The van der Waals surface area contributed by atoms with Crippen molar-refractivity contribution < 1.29 is 9.13 Å². The van der Waals surface area contributed by atoms with E-state index in [1.54, 1.807) is 0 Å². The number of halogens is 1. The third-order valence-electron chi connectivity index (χ3n) is 2.12. The molecule has 0 fully saturated rings. The van der Waals surface area contributed by atoms with E-state index in [0.717, 1.165) is 6.20 Å². The fourth-order valence-electron chi connectivity index (χ4n) is 1.21. The second kappa shape index (κ2) is 4.37. The van der Waals surface area contributed by atoms with Crippen molar-refractivity contribution in [1.29, 1.82) is 0 Å². The molecule has 1 rings (SSSR count). The van der Waals surface area contributed by atoms with Gasteiger partial charge in [-0.3, -0.25) is 0 Å². The van der Waals surface area contributed by atoms with Crippen molar-refractivity contribution in [3.05, 3.63) is 23.6 Å². The number of nitrogens with two attached hydrogens (primary N) is 1. The van der Waals surface area contributed by atoms with Crippen molar-refractivity contribution in [2.24, 2.45) is 11.7 Å². The summed E-state index contributed by atoms with van der Waals surface area (Å²) >= 11 is 0. The predicted molar refractivity (Wildman–Crippen MR) is 52.5 cm³/mol. The molecule has 1 atom stereocenters. The minimum atomic E-state index is -0.392. The normalized spacial score (nSPS) is 13.0. The van der Waals surface area contributed by atoms with Gasteiger partial charge in [0.05, 0.1) is 13.3 Å².